The number of alkyl halides is 1. The van der Waals surface area contributed by atoms with Crippen LogP contribution in [0.5, 0.6) is 0 Å². The summed E-state index contributed by atoms with van der Waals surface area (Å²) >= 11 is 0. The van der Waals surface area contributed by atoms with E-state index in [0.29, 0.717) is 5.41 Å². The van der Waals surface area contributed by atoms with Gasteiger partial charge < -0.3 is 0 Å². The molecule has 1 saturated carbocycles. The number of fused-ring (bicyclic) bond motifs is 1. The molecule has 2 atom stereocenters. The van der Waals surface area contributed by atoms with Crippen LogP contribution in [0.2, 0.25) is 0 Å². The Bertz CT molecular complexity index is 236. The molecule has 0 aromatic heterocycles. The molecule has 0 bridgehead atoms. The molecule has 0 aromatic carbocycles. The molecule has 74 valence electrons. The number of hydrogen-bond donors (Lipinski definition) is 0. The normalized spacial score (nSPS) is 47.1. The molecule has 2 heteroatoms. The summed E-state index contributed by atoms with van der Waals surface area (Å²) in [6.45, 7) is 4.14. The lowest BCUT2D eigenvalue weighted by atomic mass is 9.86. The summed E-state index contributed by atoms with van der Waals surface area (Å²) in [5.74, 6) is 0. The lowest BCUT2D eigenvalue weighted by Gasteiger charge is -2.29. The summed E-state index contributed by atoms with van der Waals surface area (Å²) in [7, 11) is 0. The average Bonchev–Trinajstić information content (AvgIpc) is 2.64. The number of rotatable bonds is 1. The Balaban J connectivity index is 1.87. The van der Waals surface area contributed by atoms with Gasteiger partial charge in [0.2, 0.25) is 0 Å². The molecule has 2 heterocycles. The van der Waals surface area contributed by atoms with Crippen LogP contribution in [0.1, 0.15) is 39.0 Å². The van der Waals surface area contributed by atoms with Crippen molar-refractivity contribution in [3.63, 3.8) is 0 Å². The number of halogens is 1. The maximum Gasteiger partial charge on any atom is 0.115 e. The minimum atomic E-state index is -0.545. The Morgan fingerprint density at radius 2 is 2.23 bits per heavy atom. The van der Waals surface area contributed by atoms with Crippen LogP contribution in [0.15, 0.2) is 0 Å². The SMILES string of the molecule is CC[C@]12C[C@@H](F)CN1CC1(CC1)C2. The van der Waals surface area contributed by atoms with Crippen LogP contribution in [-0.2, 0) is 0 Å². The van der Waals surface area contributed by atoms with Gasteiger partial charge in [-0.15, -0.1) is 0 Å². The van der Waals surface area contributed by atoms with Crippen LogP contribution in [0.25, 0.3) is 0 Å². The van der Waals surface area contributed by atoms with Gasteiger partial charge in [-0.2, -0.15) is 0 Å². The molecule has 0 amide bonds. The van der Waals surface area contributed by atoms with Crippen LogP contribution in [-0.4, -0.2) is 29.7 Å². The van der Waals surface area contributed by atoms with Gasteiger partial charge in [0, 0.05) is 18.6 Å². The third-order valence-corrected chi connectivity index (χ3v) is 4.54. The molecule has 0 aromatic rings. The van der Waals surface area contributed by atoms with Gasteiger partial charge in [0.05, 0.1) is 0 Å². The van der Waals surface area contributed by atoms with Gasteiger partial charge in [-0.05, 0) is 37.5 Å². The highest BCUT2D eigenvalue weighted by Crippen LogP contribution is 2.61. The molecule has 2 saturated heterocycles. The van der Waals surface area contributed by atoms with Crippen molar-refractivity contribution in [2.24, 2.45) is 5.41 Å². The first kappa shape index (κ1) is 8.22. The van der Waals surface area contributed by atoms with Crippen molar-refractivity contribution in [1.82, 2.24) is 4.90 Å². The smallest absolute Gasteiger partial charge is 0.115 e. The Morgan fingerprint density at radius 3 is 2.77 bits per heavy atom. The second-order valence-electron chi connectivity index (χ2n) is 5.44. The van der Waals surface area contributed by atoms with E-state index in [-0.39, 0.29) is 5.54 Å². The fourth-order valence-electron chi connectivity index (χ4n) is 3.62. The van der Waals surface area contributed by atoms with Gasteiger partial charge in [0.25, 0.3) is 0 Å². The average molecular weight is 183 g/mol. The predicted molar refractivity (Wildman–Crippen MR) is 50.4 cm³/mol. The van der Waals surface area contributed by atoms with E-state index >= 15 is 0 Å². The van der Waals surface area contributed by atoms with E-state index in [4.69, 9.17) is 0 Å². The van der Waals surface area contributed by atoms with Gasteiger partial charge in [0.15, 0.2) is 0 Å². The lowest BCUT2D eigenvalue weighted by molar-refractivity contribution is 0.189. The van der Waals surface area contributed by atoms with E-state index in [9.17, 15) is 4.39 Å². The van der Waals surface area contributed by atoms with Crippen LogP contribution < -0.4 is 0 Å². The van der Waals surface area contributed by atoms with Crippen molar-refractivity contribution in [3.05, 3.63) is 0 Å². The molecule has 1 nitrogen and oxygen atoms in total. The largest absolute Gasteiger partial charge is 0.294 e. The van der Waals surface area contributed by atoms with Crippen molar-refractivity contribution in [3.8, 4) is 0 Å². The molecule has 1 aliphatic carbocycles. The molecule has 0 unspecified atom stereocenters. The van der Waals surface area contributed by atoms with Crippen molar-refractivity contribution < 1.29 is 4.39 Å². The predicted octanol–water partition coefficient (Wildman–Crippen LogP) is 2.36. The lowest BCUT2D eigenvalue weighted by Crippen LogP contribution is -2.37. The van der Waals surface area contributed by atoms with E-state index in [1.807, 2.05) is 0 Å². The van der Waals surface area contributed by atoms with Crippen molar-refractivity contribution in [2.45, 2.75) is 50.7 Å². The number of hydrogen-bond acceptors (Lipinski definition) is 1. The quantitative estimate of drug-likeness (QED) is 0.603. The molecule has 3 aliphatic rings. The van der Waals surface area contributed by atoms with Crippen LogP contribution in [0, 0.1) is 5.41 Å². The molecule has 0 radical (unpaired) electrons. The van der Waals surface area contributed by atoms with E-state index in [1.165, 1.54) is 25.8 Å². The van der Waals surface area contributed by atoms with Gasteiger partial charge in [-0.1, -0.05) is 6.92 Å². The first-order valence-electron chi connectivity index (χ1n) is 5.57. The maximum atomic E-state index is 13.3. The fourth-order valence-corrected chi connectivity index (χ4v) is 3.62. The van der Waals surface area contributed by atoms with Gasteiger partial charge >= 0.3 is 0 Å². The zero-order valence-corrected chi connectivity index (χ0v) is 8.35. The molecule has 3 rings (SSSR count). The highest BCUT2D eigenvalue weighted by atomic mass is 19.1. The highest BCUT2D eigenvalue weighted by Gasteiger charge is 2.60. The monoisotopic (exact) mass is 183 g/mol. The Kier molecular flexibility index (Phi) is 1.44. The zero-order valence-electron chi connectivity index (χ0n) is 8.35. The van der Waals surface area contributed by atoms with Crippen molar-refractivity contribution >= 4 is 0 Å². The molecule has 0 N–H and O–H groups in total. The topological polar surface area (TPSA) is 3.24 Å². The van der Waals surface area contributed by atoms with E-state index in [2.05, 4.69) is 11.8 Å². The standard InChI is InChI=1S/C11H18FN/c1-2-11-5-9(12)6-13(11)8-10(7-11)3-4-10/h9H,2-8H2,1H3/t9-,11-/m1/s1. The first-order chi connectivity index (χ1) is 6.18. The van der Waals surface area contributed by atoms with E-state index < -0.39 is 6.17 Å². The summed E-state index contributed by atoms with van der Waals surface area (Å²) < 4.78 is 13.3. The maximum absolute atomic E-state index is 13.3. The fraction of sp³-hybridized carbons (Fsp3) is 1.00. The molecular formula is C11H18FN. The summed E-state index contributed by atoms with van der Waals surface area (Å²) in [6, 6.07) is 0. The Hall–Kier alpha value is -0.110. The molecule has 1 spiro atoms. The highest BCUT2D eigenvalue weighted by molar-refractivity contribution is 5.14. The van der Waals surface area contributed by atoms with Gasteiger partial charge in [-0.3, -0.25) is 4.90 Å². The van der Waals surface area contributed by atoms with Crippen LogP contribution in [0.4, 0.5) is 4.39 Å². The minimum absolute atomic E-state index is 0.274. The van der Waals surface area contributed by atoms with Crippen molar-refractivity contribution in [2.75, 3.05) is 13.1 Å². The second-order valence-corrected chi connectivity index (χ2v) is 5.44. The summed E-state index contributed by atoms with van der Waals surface area (Å²) in [6.07, 6.45) is 5.51. The third kappa shape index (κ3) is 1.01. The molecule has 13 heavy (non-hydrogen) atoms. The van der Waals surface area contributed by atoms with Gasteiger partial charge in [0.1, 0.15) is 6.17 Å². The van der Waals surface area contributed by atoms with Crippen LogP contribution in [0.3, 0.4) is 0 Å². The summed E-state index contributed by atoms with van der Waals surface area (Å²) in [4.78, 5) is 2.45. The van der Waals surface area contributed by atoms with E-state index in [1.54, 1.807) is 0 Å². The number of nitrogens with zero attached hydrogens (tertiary/aromatic N) is 1. The van der Waals surface area contributed by atoms with E-state index in [0.717, 1.165) is 19.4 Å². The zero-order chi connectivity index (χ0) is 9.10. The molecule has 3 fully saturated rings. The summed E-state index contributed by atoms with van der Waals surface area (Å²) in [5, 5.41) is 0. The Labute approximate surface area is 79.3 Å². The first-order valence-corrected chi connectivity index (χ1v) is 5.57. The van der Waals surface area contributed by atoms with Gasteiger partial charge in [-0.25, -0.2) is 4.39 Å². The third-order valence-electron chi connectivity index (χ3n) is 4.54. The van der Waals surface area contributed by atoms with Crippen molar-refractivity contribution in [1.29, 1.82) is 0 Å². The Morgan fingerprint density at radius 1 is 1.46 bits per heavy atom. The minimum Gasteiger partial charge on any atom is -0.294 e. The van der Waals surface area contributed by atoms with Crippen LogP contribution >= 0.6 is 0 Å². The molecular weight excluding hydrogens is 165 g/mol. The summed E-state index contributed by atoms with van der Waals surface area (Å²) in [5.41, 5.74) is 0.923. The molecule has 2 aliphatic heterocycles. The second kappa shape index (κ2) is 2.28.